The number of nitrogens with zero attached hydrogens (tertiary/aromatic N) is 2. The fraction of sp³-hybridized carbons (Fsp3) is 0.444. The molecule has 5 nitrogen and oxygen atoms in total. The second-order valence-corrected chi connectivity index (χ2v) is 6.10. The van der Waals surface area contributed by atoms with Gasteiger partial charge in [-0.25, -0.2) is 0 Å². The molecular formula is C18H25N3O2. The van der Waals surface area contributed by atoms with Gasteiger partial charge in [0.25, 0.3) is 0 Å². The van der Waals surface area contributed by atoms with E-state index in [1.807, 2.05) is 24.4 Å². The summed E-state index contributed by atoms with van der Waals surface area (Å²) in [5.74, 6) is 2.33. The summed E-state index contributed by atoms with van der Waals surface area (Å²) in [6.07, 6.45) is 2.88. The van der Waals surface area contributed by atoms with Gasteiger partial charge in [0.2, 0.25) is 0 Å². The molecule has 0 spiro atoms. The summed E-state index contributed by atoms with van der Waals surface area (Å²) in [6, 6.07) is 7.84. The van der Waals surface area contributed by atoms with Crippen LogP contribution in [0, 0.1) is 0 Å². The van der Waals surface area contributed by atoms with Crippen molar-refractivity contribution in [2.75, 3.05) is 19.5 Å². The lowest BCUT2D eigenvalue weighted by atomic mass is 9.83. The molecule has 0 bridgehead atoms. The fourth-order valence-electron chi connectivity index (χ4n) is 2.21. The number of nitrogens with one attached hydrogen (secondary N) is 1. The summed E-state index contributed by atoms with van der Waals surface area (Å²) in [6.45, 7) is 7.20. The monoisotopic (exact) mass is 315 g/mol. The van der Waals surface area contributed by atoms with E-state index in [2.05, 4.69) is 42.4 Å². The molecule has 0 radical (unpaired) electrons. The van der Waals surface area contributed by atoms with Crippen molar-refractivity contribution in [3.63, 3.8) is 0 Å². The minimum absolute atomic E-state index is 0.0875. The average Bonchev–Trinajstić information content (AvgIpc) is 2.60. The van der Waals surface area contributed by atoms with Crippen LogP contribution in [0.25, 0.3) is 0 Å². The standard InChI is InChI=1S/C18H25N3O2/c1-6-18(2,3)14-9-17(21-20-12-14)19-11-13-7-8-15(22-4)10-16(13)23-5/h7-10,12H,6,11H2,1-5H3,(H,19,21). The molecule has 23 heavy (non-hydrogen) atoms. The molecule has 1 heterocycles. The Morgan fingerprint density at radius 3 is 2.57 bits per heavy atom. The van der Waals surface area contributed by atoms with Crippen molar-refractivity contribution in [2.45, 2.75) is 39.2 Å². The maximum Gasteiger partial charge on any atom is 0.149 e. The smallest absolute Gasteiger partial charge is 0.149 e. The van der Waals surface area contributed by atoms with Gasteiger partial charge in [-0.05, 0) is 35.6 Å². The molecule has 124 valence electrons. The van der Waals surface area contributed by atoms with Gasteiger partial charge < -0.3 is 14.8 Å². The van der Waals surface area contributed by atoms with Gasteiger partial charge in [0.05, 0.1) is 20.4 Å². The first-order valence-electron chi connectivity index (χ1n) is 7.78. The third-order valence-electron chi connectivity index (χ3n) is 4.27. The van der Waals surface area contributed by atoms with E-state index in [1.54, 1.807) is 14.2 Å². The Morgan fingerprint density at radius 2 is 1.91 bits per heavy atom. The molecule has 5 heteroatoms. The van der Waals surface area contributed by atoms with Crippen LogP contribution in [0.15, 0.2) is 30.5 Å². The fourth-order valence-corrected chi connectivity index (χ4v) is 2.21. The Bertz CT molecular complexity index is 656. The molecule has 0 aliphatic rings. The molecule has 2 rings (SSSR count). The van der Waals surface area contributed by atoms with E-state index in [1.165, 1.54) is 5.56 Å². The van der Waals surface area contributed by atoms with Gasteiger partial charge >= 0.3 is 0 Å². The molecule has 0 aliphatic heterocycles. The van der Waals surface area contributed by atoms with Crippen LogP contribution < -0.4 is 14.8 Å². The summed E-state index contributed by atoms with van der Waals surface area (Å²) in [5.41, 5.74) is 2.30. The van der Waals surface area contributed by atoms with Crippen molar-refractivity contribution in [1.29, 1.82) is 0 Å². The normalized spacial score (nSPS) is 11.2. The van der Waals surface area contributed by atoms with E-state index in [9.17, 15) is 0 Å². The highest BCUT2D eigenvalue weighted by molar-refractivity contribution is 5.44. The summed E-state index contributed by atoms with van der Waals surface area (Å²) >= 11 is 0. The van der Waals surface area contributed by atoms with Crippen LogP contribution in [-0.4, -0.2) is 24.4 Å². The van der Waals surface area contributed by atoms with Gasteiger partial charge in [-0.1, -0.05) is 20.8 Å². The molecule has 1 N–H and O–H groups in total. The van der Waals surface area contributed by atoms with Crippen LogP contribution in [0.2, 0.25) is 0 Å². The second-order valence-electron chi connectivity index (χ2n) is 6.10. The Morgan fingerprint density at radius 1 is 1.13 bits per heavy atom. The molecule has 0 aliphatic carbocycles. The number of hydrogen-bond donors (Lipinski definition) is 1. The van der Waals surface area contributed by atoms with Crippen molar-refractivity contribution in [1.82, 2.24) is 10.2 Å². The van der Waals surface area contributed by atoms with Crippen LogP contribution in [0.3, 0.4) is 0 Å². The highest BCUT2D eigenvalue weighted by Gasteiger charge is 2.19. The zero-order valence-corrected chi connectivity index (χ0v) is 14.5. The summed E-state index contributed by atoms with van der Waals surface area (Å²) in [7, 11) is 3.30. The quantitative estimate of drug-likeness (QED) is 0.842. The van der Waals surface area contributed by atoms with Crippen LogP contribution >= 0.6 is 0 Å². The first-order valence-corrected chi connectivity index (χ1v) is 7.78. The molecule has 2 aromatic rings. The summed E-state index contributed by atoms with van der Waals surface area (Å²) < 4.78 is 10.6. The van der Waals surface area contributed by atoms with Crippen molar-refractivity contribution >= 4 is 5.82 Å². The highest BCUT2D eigenvalue weighted by atomic mass is 16.5. The topological polar surface area (TPSA) is 56.3 Å². The zero-order valence-electron chi connectivity index (χ0n) is 14.5. The molecule has 0 amide bonds. The van der Waals surface area contributed by atoms with E-state index in [4.69, 9.17) is 9.47 Å². The van der Waals surface area contributed by atoms with E-state index >= 15 is 0 Å². The van der Waals surface area contributed by atoms with Crippen LogP contribution in [0.1, 0.15) is 38.3 Å². The number of ether oxygens (including phenoxy) is 2. The number of aromatic nitrogens is 2. The lowest BCUT2D eigenvalue weighted by Gasteiger charge is -2.23. The number of benzene rings is 1. The van der Waals surface area contributed by atoms with Gasteiger partial charge in [0, 0.05) is 18.2 Å². The van der Waals surface area contributed by atoms with Crippen LogP contribution in [-0.2, 0) is 12.0 Å². The minimum atomic E-state index is 0.0875. The van der Waals surface area contributed by atoms with Crippen LogP contribution in [0.4, 0.5) is 5.82 Å². The van der Waals surface area contributed by atoms with Gasteiger partial charge in [-0.3, -0.25) is 0 Å². The summed E-state index contributed by atoms with van der Waals surface area (Å²) in [5, 5.41) is 11.6. The zero-order chi connectivity index (χ0) is 16.9. The number of anilines is 1. The van der Waals surface area contributed by atoms with Crippen molar-refractivity contribution in [3.8, 4) is 11.5 Å². The van der Waals surface area contributed by atoms with Gasteiger partial charge in [-0.2, -0.15) is 5.10 Å². The molecule has 1 aromatic carbocycles. The molecule has 0 saturated carbocycles. The number of hydrogen-bond acceptors (Lipinski definition) is 5. The van der Waals surface area contributed by atoms with Gasteiger partial charge in [0.1, 0.15) is 17.3 Å². The molecule has 0 unspecified atom stereocenters. The molecule has 0 fully saturated rings. The molecule has 0 atom stereocenters. The van der Waals surface area contributed by atoms with Crippen LogP contribution in [0.5, 0.6) is 11.5 Å². The van der Waals surface area contributed by atoms with E-state index in [0.29, 0.717) is 6.54 Å². The summed E-state index contributed by atoms with van der Waals surface area (Å²) in [4.78, 5) is 0. The first-order chi connectivity index (χ1) is 11.0. The number of rotatable bonds is 7. The predicted octanol–water partition coefficient (Wildman–Crippen LogP) is 3.79. The Labute approximate surface area is 138 Å². The van der Waals surface area contributed by atoms with Crippen molar-refractivity contribution in [3.05, 3.63) is 41.6 Å². The number of methoxy groups -OCH3 is 2. The Hall–Kier alpha value is -2.30. The SMILES string of the molecule is CCC(C)(C)c1cnnc(NCc2ccc(OC)cc2OC)c1. The third-order valence-corrected chi connectivity index (χ3v) is 4.27. The second kappa shape index (κ2) is 7.31. The molecule has 0 saturated heterocycles. The van der Waals surface area contributed by atoms with Gasteiger partial charge in [0.15, 0.2) is 0 Å². The average molecular weight is 315 g/mol. The molecule has 1 aromatic heterocycles. The lowest BCUT2D eigenvalue weighted by Crippen LogP contribution is -2.16. The Kier molecular flexibility index (Phi) is 5.42. The largest absolute Gasteiger partial charge is 0.497 e. The predicted molar refractivity (Wildman–Crippen MR) is 92.2 cm³/mol. The maximum atomic E-state index is 5.42. The lowest BCUT2D eigenvalue weighted by molar-refractivity contribution is 0.391. The Balaban J connectivity index is 2.14. The highest BCUT2D eigenvalue weighted by Crippen LogP contribution is 2.28. The van der Waals surface area contributed by atoms with E-state index in [-0.39, 0.29) is 5.41 Å². The van der Waals surface area contributed by atoms with E-state index in [0.717, 1.165) is 29.3 Å². The third kappa shape index (κ3) is 4.12. The van der Waals surface area contributed by atoms with E-state index < -0.39 is 0 Å². The maximum absolute atomic E-state index is 5.42. The minimum Gasteiger partial charge on any atom is -0.497 e. The van der Waals surface area contributed by atoms with Crippen molar-refractivity contribution < 1.29 is 9.47 Å². The molecular weight excluding hydrogens is 290 g/mol. The van der Waals surface area contributed by atoms with Gasteiger partial charge in [-0.15, -0.1) is 5.10 Å². The first kappa shape index (κ1) is 17.1. The van der Waals surface area contributed by atoms with Crippen molar-refractivity contribution in [2.24, 2.45) is 0 Å².